The van der Waals surface area contributed by atoms with E-state index in [1.807, 2.05) is 12.3 Å². The summed E-state index contributed by atoms with van der Waals surface area (Å²) in [5.74, 6) is -2.02. The van der Waals surface area contributed by atoms with E-state index in [0.29, 0.717) is 19.5 Å². The van der Waals surface area contributed by atoms with E-state index in [9.17, 15) is 18.7 Å². The van der Waals surface area contributed by atoms with E-state index in [-0.39, 0.29) is 12.1 Å². The maximum absolute atomic E-state index is 13.1. The van der Waals surface area contributed by atoms with Gasteiger partial charge in [-0.2, -0.15) is 5.10 Å². The van der Waals surface area contributed by atoms with Crippen LogP contribution in [0.5, 0.6) is 0 Å². The van der Waals surface area contributed by atoms with Crippen molar-refractivity contribution in [2.75, 3.05) is 13.1 Å². The molecule has 2 rings (SSSR count). The van der Waals surface area contributed by atoms with Gasteiger partial charge >= 0.3 is 6.03 Å². The van der Waals surface area contributed by atoms with Crippen molar-refractivity contribution in [3.05, 3.63) is 53.9 Å². The van der Waals surface area contributed by atoms with Crippen molar-refractivity contribution in [1.29, 1.82) is 0 Å². The van der Waals surface area contributed by atoms with Gasteiger partial charge in [0.25, 0.3) is 0 Å². The first kappa shape index (κ1) is 16.9. The van der Waals surface area contributed by atoms with Crippen molar-refractivity contribution in [2.24, 2.45) is 0 Å². The van der Waals surface area contributed by atoms with E-state index < -0.39 is 23.8 Å². The highest BCUT2D eigenvalue weighted by atomic mass is 19.2. The molecule has 0 bridgehead atoms. The number of urea groups is 1. The van der Waals surface area contributed by atoms with Gasteiger partial charge in [0.05, 0.1) is 6.10 Å². The fourth-order valence-corrected chi connectivity index (χ4v) is 1.97. The van der Waals surface area contributed by atoms with Crippen LogP contribution in [0.15, 0.2) is 36.7 Å². The van der Waals surface area contributed by atoms with Crippen LogP contribution < -0.4 is 10.6 Å². The number of nitrogens with one attached hydrogen (secondary N) is 2. The van der Waals surface area contributed by atoms with E-state index in [4.69, 9.17) is 0 Å². The molecular weight excluding hydrogens is 306 g/mol. The zero-order valence-electron chi connectivity index (χ0n) is 12.4. The summed E-state index contributed by atoms with van der Waals surface area (Å²) in [5.41, 5.74) is 0.197. The van der Waals surface area contributed by atoms with Crippen LogP contribution in [0.1, 0.15) is 18.1 Å². The number of hydrogen-bond donors (Lipinski definition) is 3. The molecule has 8 heteroatoms. The summed E-state index contributed by atoms with van der Waals surface area (Å²) in [5, 5.41) is 19.0. The second kappa shape index (κ2) is 8.23. The molecule has 0 saturated heterocycles. The number of nitrogens with zero attached hydrogens (tertiary/aromatic N) is 2. The highest BCUT2D eigenvalue weighted by molar-refractivity contribution is 5.73. The molecule has 0 aliphatic heterocycles. The second-order valence-electron chi connectivity index (χ2n) is 4.95. The molecule has 0 radical (unpaired) electrons. The Bertz CT molecular complexity index is 634. The third-order valence-electron chi connectivity index (χ3n) is 3.19. The quantitative estimate of drug-likeness (QED) is 0.677. The van der Waals surface area contributed by atoms with E-state index in [1.165, 1.54) is 6.07 Å². The Labute approximate surface area is 132 Å². The van der Waals surface area contributed by atoms with E-state index in [1.54, 1.807) is 10.9 Å². The molecule has 1 heterocycles. The lowest BCUT2D eigenvalue weighted by Gasteiger charge is -2.13. The minimum atomic E-state index is -1.11. The van der Waals surface area contributed by atoms with Crippen LogP contribution in [0.4, 0.5) is 13.6 Å². The van der Waals surface area contributed by atoms with Crippen LogP contribution in [0, 0.1) is 11.6 Å². The zero-order valence-corrected chi connectivity index (χ0v) is 12.4. The predicted octanol–water partition coefficient (Wildman–Crippen LogP) is 1.58. The number of aryl methyl sites for hydroxylation is 1. The Morgan fingerprint density at radius 1 is 1.30 bits per heavy atom. The molecule has 0 unspecified atom stereocenters. The van der Waals surface area contributed by atoms with Crippen molar-refractivity contribution in [2.45, 2.75) is 19.1 Å². The van der Waals surface area contributed by atoms with Gasteiger partial charge in [-0.05, 0) is 30.2 Å². The van der Waals surface area contributed by atoms with Gasteiger partial charge in [0.15, 0.2) is 11.6 Å². The van der Waals surface area contributed by atoms with Crippen molar-refractivity contribution in [3.63, 3.8) is 0 Å². The summed E-state index contributed by atoms with van der Waals surface area (Å²) in [6.45, 7) is 1.04. The largest absolute Gasteiger partial charge is 0.387 e. The normalized spacial score (nSPS) is 12.0. The number of carbonyl (C=O) groups is 1. The van der Waals surface area contributed by atoms with E-state index in [0.717, 1.165) is 12.1 Å². The number of aromatic nitrogens is 2. The van der Waals surface area contributed by atoms with Gasteiger partial charge in [-0.3, -0.25) is 4.68 Å². The van der Waals surface area contributed by atoms with Crippen LogP contribution in [-0.2, 0) is 6.54 Å². The summed E-state index contributed by atoms with van der Waals surface area (Å²) in [6.07, 6.45) is 3.11. The molecule has 0 aliphatic rings. The number of halogens is 2. The number of rotatable bonds is 7. The molecular formula is C15H18F2N4O2. The lowest BCUT2D eigenvalue weighted by Crippen LogP contribution is -2.38. The summed E-state index contributed by atoms with van der Waals surface area (Å²) >= 11 is 0. The number of carbonyl (C=O) groups excluding carboxylic acids is 1. The number of benzene rings is 1. The predicted molar refractivity (Wildman–Crippen MR) is 79.6 cm³/mol. The van der Waals surface area contributed by atoms with Crippen LogP contribution in [0.25, 0.3) is 0 Å². The summed E-state index contributed by atoms with van der Waals surface area (Å²) in [7, 11) is 0. The molecule has 1 atom stereocenters. The van der Waals surface area contributed by atoms with Gasteiger partial charge in [-0.1, -0.05) is 6.07 Å². The minimum Gasteiger partial charge on any atom is -0.387 e. The van der Waals surface area contributed by atoms with Crippen LogP contribution in [0.3, 0.4) is 0 Å². The number of amides is 2. The SMILES string of the molecule is O=C(NCCCn1cccn1)NC[C@@H](O)c1ccc(F)c(F)c1. The average molecular weight is 324 g/mol. The number of aliphatic hydroxyl groups excluding tert-OH is 1. The van der Waals surface area contributed by atoms with Crippen LogP contribution >= 0.6 is 0 Å². The third kappa shape index (κ3) is 5.33. The minimum absolute atomic E-state index is 0.101. The van der Waals surface area contributed by atoms with Gasteiger partial charge in [0, 0.05) is 32.0 Å². The molecule has 0 fully saturated rings. The lowest BCUT2D eigenvalue weighted by molar-refractivity contribution is 0.172. The van der Waals surface area contributed by atoms with E-state index >= 15 is 0 Å². The first-order chi connectivity index (χ1) is 11.1. The molecule has 0 aliphatic carbocycles. The molecule has 0 spiro atoms. The van der Waals surface area contributed by atoms with Gasteiger partial charge < -0.3 is 15.7 Å². The first-order valence-electron chi connectivity index (χ1n) is 7.18. The van der Waals surface area contributed by atoms with E-state index in [2.05, 4.69) is 15.7 Å². The van der Waals surface area contributed by atoms with Gasteiger partial charge in [-0.15, -0.1) is 0 Å². The summed E-state index contributed by atoms with van der Waals surface area (Å²) < 4.78 is 27.6. The molecule has 0 saturated carbocycles. The standard InChI is InChI=1S/C15H18F2N4O2/c16-12-4-3-11(9-13(12)17)14(22)10-19-15(23)18-5-1-7-21-8-2-6-20-21/h2-4,6,8-9,14,22H,1,5,7,10H2,(H2,18,19,23)/t14-/m1/s1. The van der Waals surface area contributed by atoms with Crippen LogP contribution in [0.2, 0.25) is 0 Å². The Hall–Kier alpha value is -2.48. The smallest absolute Gasteiger partial charge is 0.314 e. The third-order valence-corrected chi connectivity index (χ3v) is 3.19. The van der Waals surface area contributed by atoms with Crippen molar-refractivity contribution >= 4 is 6.03 Å². The Balaban J connectivity index is 1.66. The van der Waals surface area contributed by atoms with Crippen LogP contribution in [-0.4, -0.2) is 34.0 Å². The van der Waals surface area contributed by atoms with Crippen molar-refractivity contribution in [3.8, 4) is 0 Å². The summed E-state index contributed by atoms with van der Waals surface area (Å²) in [4.78, 5) is 11.6. The molecule has 6 nitrogen and oxygen atoms in total. The molecule has 1 aromatic carbocycles. The van der Waals surface area contributed by atoms with Crippen molar-refractivity contribution < 1.29 is 18.7 Å². The maximum atomic E-state index is 13.1. The number of hydrogen-bond acceptors (Lipinski definition) is 3. The highest BCUT2D eigenvalue weighted by Gasteiger charge is 2.12. The highest BCUT2D eigenvalue weighted by Crippen LogP contribution is 2.15. The molecule has 2 aromatic rings. The van der Waals surface area contributed by atoms with Crippen molar-refractivity contribution in [1.82, 2.24) is 20.4 Å². The molecule has 124 valence electrons. The molecule has 1 aromatic heterocycles. The second-order valence-corrected chi connectivity index (χ2v) is 4.95. The Morgan fingerprint density at radius 3 is 2.83 bits per heavy atom. The van der Waals surface area contributed by atoms with Gasteiger partial charge in [0.1, 0.15) is 0 Å². The topological polar surface area (TPSA) is 79.2 Å². The first-order valence-corrected chi connectivity index (χ1v) is 7.18. The molecule has 2 amide bonds. The number of aliphatic hydroxyl groups is 1. The van der Waals surface area contributed by atoms with Gasteiger partial charge in [0.2, 0.25) is 0 Å². The Kier molecular flexibility index (Phi) is 6.04. The van der Waals surface area contributed by atoms with Gasteiger partial charge in [-0.25, -0.2) is 13.6 Å². The molecule has 23 heavy (non-hydrogen) atoms. The molecule has 3 N–H and O–H groups in total. The lowest BCUT2D eigenvalue weighted by atomic mass is 10.1. The monoisotopic (exact) mass is 324 g/mol. The average Bonchev–Trinajstić information content (AvgIpc) is 3.05. The fourth-order valence-electron chi connectivity index (χ4n) is 1.97. The summed E-state index contributed by atoms with van der Waals surface area (Å²) in [6, 6.07) is 4.49. The maximum Gasteiger partial charge on any atom is 0.314 e. The zero-order chi connectivity index (χ0) is 16.7. The fraction of sp³-hybridized carbons (Fsp3) is 0.333. The Morgan fingerprint density at radius 2 is 2.13 bits per heavy atom.